The van der Waals surface area contributed by atoms with Gasteiger partial charge in [-0.3, -0.25) is 0 Å². The number of aromatic nitrogens is 2. The quantitative estimate of drug-likeness (QED) is 0.291. The molecule has 5 rings (SSSR count). The Kier molecular flexibility index (Phi) is 5.88. The first-order valence-corrected chi connectivity index (χ1v) is 12.0. The summed E-state index contributed by atoms with van der Waals surface area (Å²) in [7, 11) is 0. The molecule has 0 saturated heterocycles. The fourth-order valence-electron chi connectivity index (χ4n) is 5.16. The van der Waals surface area contributed by atoms with E-state index in [4.69, 9.17) is 4.98 Å². The Morgan fingerprint density at radius 1 is 0.657 bits per heavy atom. The van der Waals surface area contributed by atoms with Crippen LogP contribution >= 0.6 is 0 Å². The predicted octanol–water partition coefficient (Wildman–Crippen LogP) is 6.60. The van der Waals surface area contributed by atoms with Gasteiger partial charge < -0.3 is 9.67 Å². The lowest BCUT2D eigenvalue weighted by Gasteiger charge is -2.37. The molecule has 0 saturated carbocycles. The highest BCUT2D eigenvalue weighted by atomic mass is 16.3. The molecule has 5 aromatic rings. The van der Waals surface area contributed by atoms with Crippen molar-refractivity contribution in [3.8, 4) is 0 Å². The lowest BCUT2D eigenvalue weighted by atomic mass is 9.76. The number of nitrogens with zero attached hydrogens (tertiary/aromatic N) is 2. The molecule has 35 heavy (non-hydrogen) atoms. The van der Waals surface area contributed by atoms with E-state index in [1.54, 1.807) is 0 Å². The van der Waals surface area contributed by atoms with Crippen LogP contribution in [-0.2, 0) is 11.1 Å². The molecule has 1 atom stereocenters. The molecule has 0 bridgehead atoms. The minimum Gasteiger partial charge on any atom is -0.379 e. The highest BCUT2D eigenvalue weighted by Crippen LogP contribution is 2.42. The van der Waals surface area contributed by atoms with Crippen LogP contribution in [0.1, 0.15) is 46.0 Å². The van der Waals surface area contributed by atoms with Crippen LogP contribution in [0, 0.1) is 13.8 Å². The number of aryl methyl sites for hydroxylation is 1. The van der Waals surface area contributed by atoms with Crippen LogP contribution in [-0.4, -0.2) is 14.7 Å². The van der Waals surface area contributed by atoms with Crippen LogP contribution in [0.4, 0.5) is 0 Å². The van der Waals surface area contributed by atoms with Crippen molar-refractivity contribution in [3.63, 3.8) is 0 Å². The third kappa shape index (κ3) is 3.78. The van der Waals surface area contributed by atoms with E-state index in [0.29, 0.717) is 5.69 Å². The summed E-state index contributed by atoms with van der Waals surface area (Å²) >= 11 is 0. The van der Waals surface area contributed by atoms with Gasteiger partial charge in [0.25, 0.3) is 0 Å². The van der Waals surface area contributed by atoms with Crippen LogP contribution in [0.5, 0.6) is 0 Å². The van der Waals surface area contributed by atoms with Crippen LogP contribution in [0.3, 0.4) is 0 Å². The number of rotatable bonds is 6. The zero-order valence-electron chi connectivity index (χ0n) is 20.4. The molecule has 0 radical (unpaired) electrons. The normalized spacial score (nSPS) is 13.4. The van der Waals surface area contributed by atoms with Gasteiger partial charge >= 0.3 is 0 Å². The first-order valence-electron chi connectivity index (χ1n) is 12.0. The topological polar surface area (TPSA) is 38.0 Å². The molecule has 4 aromatic carbocycles. The summed E-state index contributed by atoms with van der Waals surface area (Å²) in [6.07, 6.45) is 3.84. The van der Waals surface area contributed by atoms with Gasteiger partial charge in [0.05, 0.1) is 12.0 Å². The Balaban J connectivity index is 1.78. The molecule has 3 nitrogen and oxygen atoms in total. The van der Waals surface area contributed by atoms with E-state index in [1.165, 1.54) is 0 Å². The van der Waals surface area contributed by atoms with Crippen LogP contribution in [0.2, 0.25) is 0 Å². The molecule has 0 unspecified atom stereocenters. The molecular weight excluding hydrogens is 428 g/mol. The fourth-order valence-corrected chi connectivity index (χ4v) is 5.16. The van der Waals surface area contributed by atoms with E-state index in [9.17, 15) is 5.11 Å². The van der Waals surface area contributed by atoms with Gasteiger partial charge in [-0.2, -0.15) is 0 Å². The summed E-state index contributed by atoms with van der Waals surface area (Å²) in [6.45, 7) is 5.95. The van der Waals surface area contributed by atoms with Crippen molar-refractivity contribution in [1.82, 2.24) is 9.55 Å². The van der Waals surface area contributed by atoms with Gasteiger partial charge in [0, 0.05) is 6.20 Å². The second kappa shape index (κ2) is 9.01. The largest absolute Gasteiger partial charge is 0.379 e. The molecule has 174 valence electrons. The van der Waals surface area contributed by atoms with E-state index in [-0.39, 0.29) is 0 Å². The molecule has 3 heteroatoms. The molecule has 0 spiro atoms. The Morgan fingerprint density at radius 3 is 1.63 bits per heavy atom. The van der Waals surface area contributed by atoms with Crippen molar-refractivity contribution in [2.45, 2.75) is 31.9 Å². The van der Waals surface area contributed by atoms with Gasteiger partial charge in [0.1, 0.15) is 11.1 Å². The monoisotopic (exact) mass is 458 g/mol. The average Bonchev–Trinajstić information content (AvgIpc) is 3.40. The molecule has 0 fully saturated rings. The minimum atomic E-state index is -1.24. The molecule has 0 aliphatic heterocycles. The Hall–Kier alpha value is -3.95. The number of hydrogen-bond acceptors (Lipinski definition) is 2. The number of benzene rings is 4. The summed E-state index contributed by atoms with van der Waals surface area (Å²) in [4.78, 5) is 4.79. The first-order chi connectivity index (χ1) is 17.0. The second-order valence-corrected chi connectivity index (χ2v) is 9.29. The lowest BCUT2D eigenvalue weighted by Crippen LogP contribution is -2.37. The first kappa shape index (κ1) is 22.8. The fraction of sp³-hybridized carbons (Fsp3) is 0.156. The van der Waals surface area contributed by atoms with Crippen molar-refractivity contribution in [2.24, 2.45) is 0 Å². The molecule has 0 amide bonds. The molecular formula is C32H30N2O. The summed E-state index contributed by atoms with van der Waals surface area (Å²) in [6, 6.07) is 37.5. The summed E-state index contributed by atoms with van der Waals surface area (Å²) < 4.78 is 2.14. The van der Waals surface area contributed by atoms with E-state index >= 15 is 0 Å². The SMILES string of the molecule is Cc1cccc([C@](C)(O)c2cn(C(c3ccccc3)(c3ccccc3)c3ccccc3)cn2)c1C. The van der Waals surface area contributed by atoms with Gasteiger partial charge in [-0.25, -0.2) is 4.98 Å². The van der Waals surface area contributed by atoms with E-state index in [0.717, 1.165) is 33.4 Å². The van der Waals surface area contributed by atoms with Crippen LogP contribution in [0.15, 0.2) is 122 Å². The van der Waals surface area contributed by atoms with Crippen molar-refractivity contribution < 1.29 is 5.11 Å². The molecule has 0 aliphatic carbocycles. The van der Waals surface area contributed by atoms with Crippen molar-refractivity contribution >= 4 is 0 Å². The zero-order chi connectivity index (χ0) is 24.5. The molecule has 1 N–H and O–H groups in total. The van der Waals surface area contributed by atoms with Crippen molar-refractivity contribution in [2.75, 3.05) is 0 Å². The van der Waals surface area contributed by atoms with E-state index in [1.807, 2.05) is 49.8 Å². The Labute approximate surface area is 207 Å². The minimum absolute atomic E-state index is 0.610. The number of imidazole rings is 1. The molecule has 1 aromatic heterocycles. The lowest BCUT2D eigenvalue weighted by molar-refractivity contribution is 0.0969. The van der Waals surface area contributed by atoms with Gasteiger partial charge in [0.2, 0.25) is 0 Å². The van der Waals surface area contributed by atoms with Gasteiger partial charge in [-0.05, 0) is 54.2 Å². The van der Waals surface area contributed by atoms with E-state index < -0.39 is 11.1 Å². The van der Waals surface area contributed by atoms with Crippen molar-refractivity contribution in [1.29, 1.82) is 0 Å². The van der Waals surface area contributed by atoms with Crippen LogP contribution in [0.25, 0.3) is 0 Å². The average molecular weight is 459 g/mol. The highest BCUT2D eigenvalue weighted by Gasteiger charge is 2.40. The van der Waals surface area contributed by atoms with E-state index in [2.05, 4.69) is 97.3 Å². The second-order valence-electron chi connectivity index (χ2n) is 9.29. The summed E-state index contributed by atoms with van der Waals surface area (Å²) in [5, 5.41) is 11.8. The van der Waals surface area contributed by atoms with Gasteiger partial charge in [-0.15, -0.1) is 0 Å². The standard InChI is InChI=1S/C32H30N2O/c1-24-14-13-21-29(25(24)2)31(3,35)30-22-34(23-33-30)32(26-15-7-4-8-16-26,27-17-9-5-10-18-27)28-19-11-6-12-20-28/h4-23,35H,1-3H3/t31-/m0/s1. The maximum absolute atomic E-state index is 11.8. The number of hydrogen-bond donors (Lipinski definition) is 1. The molecule has 0 aliphatic rings. The maximum Gasteiger partial charge on any atom is 0.130 e. The van der Waals surface area contributed by atoms with Gasteiger partial charge in [0.15, 0.2) is 0 Å². The zero-order valence-corrected chi connectivity index (χ0v) is 20.4. The smallest absolute Gasteiger partial charge is 0.130 e. The number of aliphatic hydroxyl groups is 1. The third-order valence-electron chi connectivity index (χ3n) is 7.17. The third-order valence-corrected chi connectivity index (χ3v) is 7.17. The highest BCUT2D eigenvalue weighted by molar-refractivity contribution is 5.51. The molecule has 1 heterocycles. The van der Waals surface area contributed by atoms with Crippen molar-refractivity contribution in [3.05, 3.63) is 161 Å². The van der Waals surface area contributed by atoms with Gasteiger partial charge in [-0.1, -0.05) is 109 Å². The predicted molar refractivity (Wildman–Crippen MR) is 141 cm³/mol. The Bertz CT molecular complexity index is 1320. The van der Waals surface area contributed by atoms with Crippen LogP contribution < -0.4 is 0 Å². The summed E-state index contributed by atoms with van der Waals surface area (Å²) in [5.41, 5.74) is 5.16. The summed E-state index contributed by atoms with van der Waals surface area (Å²) in [5.74, 6) is 0. The maximum atomic E-state index is 11.8. The Morgan fingerprint density at radius 2 is 1.14 bits per heavy atom.